The number of hydrogen-bond acceptors (Lipinski definition) is 3. The van der Waals surface area contributed by atoms with Crippen molar-refractivity contribution in [3.8, 4) is 0 Å². The molecule has 5 nitrogen and oxygen atoms in total. The van der Waals surface area contributed by atoms with Gasteiger partial charge in [-0.3, -0.25) is 4.79 Å². The van der Waals surface area contributed by atoms with E-state index in [9.17, 15) is 9.59 Å². The van der Waals surface area contributed by atoms with Crippen LogP contribution in [0, 0.1) is 0 Å². The molecule has 1 aromatic rings. The number of benzene rings is 1. The third-order valence-corrected chi connectivity index (χ3v) is 3.94. The summed E-state index contributed by atoms with van der Waals surface area (Å²) in [4.78, 5) is 22.7. The average Bonchev–Trinajstić information content (AvgIpc) is 2.85. The molecule has 1 aliphatic rings. The minimum absolute atomic E-state index is 0.254. The highest BCUT2D eigenvalue weighted by atomic mass is 79.9. The van der Waals surface area contributed by atoms with Crippen molar-refractivity contribution in [3.63, 3.8) is 0 Å². The zero-order valence-electron chi connectivity index (χ0n) is 10.4. The molecule has 1 amide bonds. The summed E-state index contributed by atoms with van der Waals surface area (Å²) in [5.74, 6) is -1.21. The van der Waals surface area contributed by atoms with Gasteiger partial charge in [0, 0.05) is 16.0 Å². The van der Waals surface area contributed by atoms with Crippen LogP contribution in [0.15, 0.2) is 22.7 Å². The summed E-state index contributed by atoms with van der Waals surface area (Å²) in [6, 6.07) is 4.90. The lowest BCUT2D eigenvalue weighted by Gasteiger charge is -2.13. The van der Waals surface area contributed by atoms with E-state index in [-0.39, 0.29) is 18.6 Å². The summed E-state index contributed by atoms with van der Waals surface area (Å²) in [6.45, 7) is 0.289. The number of ether oxygens (including phenoxy) is 1. The first-order valence-electron chi connectivity index (χ1n) is 6.09. The first-order chi connectivity index (χ1) is 9.47. The molecule has 2 rings (SSSR count). The van der Waals surface area contributed by atoms with Gasteiger partial charge in [0.05, 0.1) is 11.7 Å². The molecule has 0 spiro atoms. The van der Waals surface area contributed by atoms with Crippen molar-refractivity contribution in [2.45, 2.75) is 25.0 Å². The fourth-order valence-electron chi connectivity index (χ4n) is 2.01. The second kappa shape index (κ2) is 6.56. The summed E-state index contributed by atoms with van der Waals surface area (Å²) in [5.41, 5.74) is 0.474. The Morgan fingerprint density at radius 2 is 2.20 bits per heavy atom. The quantitative estimate of drug-likeness (QED) is 0.863. The zero-order valence-corrected chi connectivity index (χ0v) is 12.8. The van der Waals surface area contributed by atoms with E-state index in [0.29, 0.717) is 27.9 Å². The van der Waals surface area contributed by atoms with Gasteiger partial charge in [0.25, 0.3) is 5.91 Å². The monoisotopic (exact) mass is 361 g/mol. The van der Waals surface area contributed by atoms with Crippen LogP contribution in [0.3, 0.4) is 0 Å². The molecule has 0 radical (unpaired) electrons. The predicted octanol–water partition coefficient (Wildman–Crippen LogP) is 2.46. The molecule has 2 N–H and O–H groups in total. The van der Waals surface area contributed by atoms with Crippen molar-refractivity contribution in [1.82, 2.24) is 5.32 Å². The third kappa shape index (κ3) is 3.71. The van der Waals surface area contributed by atoms with E-state index in [2.05, 4.69) is 21.2 Å². The Morgan fingerprint density at radius 3 is 2.80 bits per heavy atom. The van der Waals surface area contributed by atoms with Crippen LogP contribution in [0.25, 0.3) is 0 Å². The van der Waals surface area contributed by atoms with Crippen molar-refractivity contribution >= 4 is 39.4 Å². The number of aliphatic carboxylic acids is 1. The summed E-state index contributed by atoms with van der Waals surface area (Å²) in [6.07, 6.45) is 0.0739. The lowest BCUT2D eigenvalue weighted by molar-refractivity contribution is -0.149. The summed E-state index contributed by atoms with van der Waals surface area (Å²) in [5, 5.41) is 12.1. The molecule has 0 bridgehead atoms. The molecule has 2 atom stereocenters. The molecular weight excluding hydrogens is 350 g/mol. The second-order valence-corrected chi connectivity index (χ2v) is 5.79. The second-order valence-electron chi connectivity index (χ2n) is 4.50. The van der Waals surface area contributed by atoms with Crippen molar-refractivity contribution in [3.05, 3.63) is 33.3 Å². The molecule has 20 heavy (non-hydrogen) atoms. The van der Waals surface area contributed by atoms with Crippen LogP contribution in [0.2, 0.25) is 5.02 Å². The van der Waals surface area contributed by atoms with Gasteiger partial charge in [-0.15, -0.1) is 0 Å². The van der Waals surface area contributed by atoms with Crippen LogP contribution in [0.1, 0.15) is 23.2 Å². The predicted molar refractivity (Wildman–Crippen MR) is 77.0 cm³/mol. The van der Waals surface area contributed by atoms with Crippen molar-refractivity contribution < 1.29 is 19.4 Å². The van der Waals surface area contributed by atoms with Crippen LogP contribution in [-0.2, 0) is 9.53 Å². The van der Waals surface area contributed by atoms with Crippen molar-refractivity contribution in [2.24, 2.45) is 0 Å². The molecule has 1 fully saturated rings. The lowest BCUT2D eigenvalue weighted by atomic mass is 10.2. The number of nitrogens with one attached hydrogen (secondary N) is 1. The summed E-state index contributed by atoms with van der Waals surface area (Å²) >= 11 is 9.09. The van der Waals surface area contributed by atoms with Crippen LogP contribution < -0.4 is 5.32 Å². The number of carboxylic acid groups (broad SMARTS) is 1. The van der Waals surface area contributed by atoms with Crippen molar-refractivity contribution in [2.75, 3.05) is 6.54 Å². The highest BCUT2D eigenvalue weighted by molar-refractivity contribution is 9.10. The highest BCUT2D eigenvalue weighted by Crippen LogP contribution is 2.22. The van der Waals surface area contributed by atoms with E-state index in [0.717, 1.165) is 0 Å². The highest BCUT2D eigenvalue weighted by Gasteiger charge is 2.30. The minimum Gasteiger partial charge on any atom is -0.479 e. The van der Waals surface area contributed by atoms with Gasteiger partial charge in [-0.1, -0.05) is 11.6 Å². The Kier molecular flexibility index (Phi) is 5.01. The number of carboxylic acids is 1. The fourth-order valence-corrected chi connectivity index (χ4v) is 2.88. The number of halogens is 2. The Bertz CT molecular complexity index is 537. The molecule has 1 heterocycles. The first kappa shape index (κ1) is 15.3. The maximum Gasteiger partial charge on any atom is 0.332 e. The lowest BCUT2D eigenvalue weighted by Crippen LogP contribution is -2.33. The number of hydrogen-bond donors (Lipinski definition) is 2. The average molecular weight is 363 g/mol. The molecule has 0 aromatic heterocycles. The van der Waals surface area contributed by atoms with Crippen molar-refractivity contribution in [1.29, 1.82) is 0 Å². The van der Waals surface area contributed by atoms with Gasteiger partial charge in [0.15, 0.2) is 6.10 Å². The zero-order chi connectivity index (χ0) is 14.7. The normalized spacial score (nSPS) is 21.7. The van der Waals surface area contributed by atoms with Crippen LogP contribution in [0.5, 0.6) is 0 Å². The van der Waals surface area contributed by atoms with Gasteiger partial charge < -0.3 is 15.2 Å². The van der Waals surface area contributed by atoms with E-state index < -0.39 is 12.1 Å². The van der Waals surface area contributed by atoms with Crippen LogP contribution in [0.4, 0.5) is 0 Å². The topological polar surface area (TPSA) is 75.6 Å². The van der Waals surface area contributed by atoms with Gasteiger partial charge in [-0.25, -0.2) is 4.79 Å². The Labute approximate surface area is 129 Å². The molecule has 108 valence electrons. The Hall–Kier alpha value is -1.11. The van der Waals surface area contributed by atoms with Gasteiger partial charge >= 0.3 is 5.97 Å². The van der Waals surface area contributed by atoms with E-state index in [1.54, 1.807) is 18.2 Å². The smallest absolute Gasteiger partial charge is 0.332 e. The first-order valence-corrected chi connectivity index (χ1v) is 7.26. The third-order valence-electron chi connectivity index (χ3n) is 3.05. The Morgan fingerprint density at radius 1 is 1.45 bits per heavy atom. The van der Waals surface area contributed by atoms with Crippen LogP contribution in [-0.4, -0.2) is 35.7 Å². The number of amides is 1. The molecule has 1 aromatic carbocycles. The standard InChI is InChI=1S/C13H13BrClNO4/c14-10-5-7(15)1-3-9(10)12(17)16-6-8-2-4-11(20-8)13(18)19/h1,3,5,8,11H,2,4,6H2,(H,16,17)(H,18,19). The minimum atomic E-state index is -0.959. The maximum atomic E-state index is 12.0. The summed E-state index contributed by atoms with van der Waals surface area (Å²) < 4.78 is 5.92. The molecule has 2 unspecified atom stereocenters. The molecule has 7 heteroatoms. The van der Waals surface area contributed by atoms with Crippen LogP contribution >= 0.6 is 27.5 Å². The van der Waals surface area contributed by atoms with E-state index in [1.165, 1.54) is 0 Å². The Balaban J connectivity index is 1.88. The summed E-state index contributed by atoms with van der Waals surface area (Å²) in [7, 11) is 0. The van der Waals surface area contributed by atoms with Gasteiger partial charge in [-0.2, -0.15) is 0 Å². The maximum absolute atomic E-state index is 12.0. The molecular formula is C13H13BrClNO4. The SMILES string of the molecule is O=C(NCC1CCC(C(=O)O)O1)c1ccc(Cl)cc1Br. The molecule has 1 aliphatic heterocycles. The number of rotatable bonds is 4. The van der Waals surface area contributed by atoms with Gasteiger partial charge in [0.2, 0.25) is 0 Å². The number of carbonyl (C=O) groups is 2. The van der Waals surface area contributed by atoms with E-state index in [4.69, 9.17) is 21.4 Å². The molecule has 0 aliphatic carbocycles. The number of carbonyl (C=O) groups excluding carboxylic acids is 1. The molecule has 1 saturated heterocycles. The largest absolute Gasteiger partial charge is 0.479 e. The fraction of sp³-hybridized carbons (Fsp3) is 0.385. The van der Waals surface area contributed by atoms with E-state index >= 15 is 0 Å². The van der Waals surface area contributed by atoms with Gasteiger partial charge in [0.1, 0.15) is 0 Å². The van der Waals surface area contributed by atoms with Gasteiger partial charge in [-0.05, 0) is 47.0 Å². The van der Waals surface area contributed by atoms with E-state index in [1.807, 2.05) is 0 Å². The molecule has 0 saturated carbocycles.